The minimum atomic E-state index is 0.725. The third-order valence-corrected chi connectivity index (χ3v) is 4.39. The zero-order valence-corrected chi connectivity index (χ0v) is 16.0. The molecule has 1 N–H and O–H groups in total. The van der Waals surface area contributed by atoms with Crippen molar-refractivity contribution in [2.24, 2.45) is 0 Å². The minimum Gasteiger partial charge on any atom is -0.359 e. The van der Waals surface area contributed by atoms with E-state index in [4.69, 9.17) is 11.6 Å². The normalized spacial score (nSPS) is 10.6. The molecule has 2 aromatic heterocycles. The molecule has 5 nitrogen and oxygen atoms in total. The molecule has 0 atom stereocenters. The number of hydrogen-bond acceptors (Lipinski definition) is 5. The van der Waals surface area contributed by atoms with Crippen LogP contribution in [0.2, 0.25) is 5.02 Å². The largest absolute Gasteiger partial charge is 0.359 e. The number of aryl methyl sites for hydroxylation is 2. The number of pyridine rings is 1. The van der Waals surface area contributed by atoms with Crippen molar-refractivity contribution < 1.29 is 0 Å². The average Bonchev–Trinajstić information content (AvgIpc) is 2.62. The summed E-state index contributed by atoms with van der Waals surface area (Å²) in [6, 6.07) is 11.8. The monoisotopic (exact) mass is 367 g/mol. The van der Waals surface area contributed by atoms with Crippen molar-refractivity contribution >= 4 is 28.9 Å². The number of aromatic nitrogens is 3. The zero-order valence-electron chi connectivity index (χ0n) is 15.2. The van der Waals surface area contributed by atoms with Gasteiger partial charge in [0.05, 0.1) is 0 Å². The van der Waals surface area contributed by atoms with Gasteiger partial charge in [-0.1, -0.05) is 11.6 Å². The van der Waals surface area contributed by atoms with Gasteiger partial charge in [-0.15, -0.1) is 0 Å². The SMILES string of the molecule is Cc1nc(Nc2ccc(Cl)cc2C)cc(N(C)CCc2ccncc2)n1. The number of hydrogen-bond donors (Lipinski definition) is 1. The first-order valence-corrected chi connectivity index (χ1v) is 8.88. The summed E-state index contributed by atoms with van der Waals surface area (Å²) >= 11 is 6.03. The van der Waals surface area contributed by atoms with Crippen molar-refractivity contribution in [3.63, 3.8) is 0 Å². The Kier molecular flexibility index (Phi) is 5.68. The Bertz CT molecular complexity index is 883. The van der Waals surface area contributed by atoms with Crippen LogP contribution in [-0.2, 0) is 6.42 Å². The first-order valence-electron chi connectivity index (χ1n) is 8.50. The van der Waals surface area contributed by atoms with Crippen LogP contribution >= 0.6 is 11.6 Å². The number of halogens is 1. The van der Waals surface area contributed by atoms with E-state index in [1.165, 1.54) is 5.56 Å². The number of benzene rings is 1. The smallest absolute Gasteiger partial charge is 0.136 e. The molecule has 0 saturated heterocycles. The molecular weight excluding hydrogens is 346 g/mol. The topological polar surface area (TPSA) is 53.9 Å². The minimum absolute atomic E-state index is 0.725. The highest BCUT2D eigenvalue weighted by atomic mass is 35.5. The van der Waals surface area contributed by atoms with Crippen LogP contribution in [0.4, 0.5) is 17.3 Å². The van der Waals surface area contributed by atoms with E-state index in [0.717, 1.165) is 46.7 Å². The average molecular weight is 368 g/mol. The first-order chi connectivity index (χ1) is 12.5. The van der Waals surface area contributed by atoms with Crippen molar-refractivity contribution in [3.8, 4) is 0 Å². The van der Waals surface area contributed by atoms with Gasteiger partial charge >= 0.3 is 0 Å². The maximum atomic E-state index is 6.03. The van der Waals surface area contributed by atoms with Crippen LogP contribution in [0.5, 0.6) is 0 Å². The predicted molar refractivity (Wildman–Crippen MR) is 107 cm³/mol. The van der Waals surface area contributed by atoms with Gasteiger partial charge in [0.2, 0.25) is 0 Å². The summed E-state index contributed by atoms with van der Waals surface area (Å²) in [5, 5.41) is 4.09. The molecule has 0 aliphatic rings. The van der Waals surface area contributed by atoms with E-state index in [9.17, 15) is 0 Å². The van der Waals surface area contributed by atoms with Crippen LogP contribution < -0.4 is 10.2 Å². The molecule has 3 aromatic rings. The lowest BCUT2D eigenvalue weighted by atomic mass is 10.2. The molecule has 0 fully saturated rings. The molecule has 0 saturated carbocycles. The van der Waals surface area contributed by atoms with Crippen LogP contribution in [0.1, 0.15) is 17.0 Å². The van der Waals surface area contributed by atoms with Crippen LogP contribution in [0.15, 0.2) is 48.8 Å². The van der Waals surface area contributed by atoms with Gasteiger partial charge in [-0.25, -0.2) is 9.97 Å². The van der Waals surface area contributed by atoms with Gasteiger partial charge in [-0.3, -0.25) is 4.98 Å². The molecule has 2 heterocycles. The molecule has 134 valence electrons. The lowest BCUT2D eigenvalue weighted by Gasteiger charge is -2.19. The zero-order chi connectivity index (χ0) is 18.5. The quantitative estimate of drug-likeness (QED) is 0.691. The number of anilines is 3. The molecule has 0 radical (unpaired) electrons. The Morgan fingerprint density at radius 2 is 1.81 bits per heavy atom. The van der Waals surface area contributed by atoms with Crippen molar-refractivity contribution in [1.82, 2.24) is 15.0 Å². The summed E-state index contributed by atoms with van der Waals surface area (Å²) in [4.78, 5) is 15.3. The third-order valence-electron chi connectivity index (χ3n) is 4.15. The molecule has 0 bridgehead atoms. The van der Waals surface area contributed by atoms with E-state index < -0.39 is 0 Å². The Morgan fingerprint density at radius 3 is 2.54 bits per heavy atom. The van der Waals surface area contributed by atoms with Crippen molar-refractivity contribution in [3.05, 3.63) is 70.8 Å². The summed E-state index contributed by atoms with van der Waals surface area (Å²) in [7, 11) is 2.04. The van der Waals surface area contributed by atoms with Crippen molar-refractivity contribution in [2.45, 2.75) is 20.3 Å². The molecule has 26 heavy (non-hydrogen) atoms. The molecule has 0 unspecified atom stereocenters. The highest BCUT2D eigenvalue weighted by Crippen LogP contribution is 2.24. The molecule has 6 heteroatoms. The predicted octanol–water partition coefficient (Wildman–Crippen LogP) is 4.56. The number of nitrogens with one attached hydrogen (secondary N) is 1. The Labute approximate surface area is 159 Å². The Balaban J connectivity index is 1.74. The van der Waals surface area contributed by atoms with E-state index in [1.54, 1.807) is 0 Å². The highest BCUT2D eigenvalue weighted by molar-refractivity contribution is 6.30. The fraction of sp³-hybridized carbons (Fsp3) is 0.250. The Hall–Kier alpha value is -2.66. The molecule has 0 amide bonds. The van der Waals surface area contributed by atoms with E-state index >= 15 is 0 Å². The summed E-state index contributed by atoms with van der Waals surface area (Å²) in [5.74, 6) is 2.39. The molecule has 0 aliphatic heterocycles. The lowest BCUT2D eigenvalue weighted by Crippen LogP contribution is -2.22. The summed E-state index contributed by atoms with van der Waals surface area (Å²) in [5.41, 5.74) is 3.31. The maximum Gasteiger partial charge on any atom is 0.136 e. The van der Waals surface area contributed by atoms with Gasteiger partial charge in [0.15, 0.2) is 0 Å². The molecule has 0 spiro atoms. The van der Waals surface area contributed by atoms with Crippen molar-refractivity contribution in [2.75, 3.05) is 23.8 Å². The summed E-state index contributed by atoms with van der Waals surface area (Å²) < 4.78 is 0. The van der Waals surface area contributed by atoms with E-state index in [1.807, 2.05) is 69.7 Å². The molecular formula is C20H22ClN5. The second kappa shape index (κ2) is 8.15. The second-order valence-electron chi connectivity index (χ2n) is 6.27. The van der Waals surface area contributed by atoms with Gasteiger partial charge in [0, 0.05) is 42.8 Å². The standard InChI is InChI=1S/C20H22ClN5/c1-14-12-17(21)4-5-18(14)25-19-13-20(24-15(2)23-19)26(3)11-8-16-6-9-22-10-7-16/h4-7,9-10,12-13H,8,11H2,1-3H3,(H,23,24,25). The summed E-state index contributed by atoms with van der Waals surface area (Å²) in [6.07, 6.45) is 4.57. The molecule has 3 rings (SSSR count). The van der Waals surface area contributed by atoms with Gasteiger partial charge in [-0.2, -0.15) is 0 Å². The molecule has 1 aromatic carbocycles. The van der Waals surface area contributed by atoms with Gasteiger partial charge in [0.1, 0.15) is 17.5 Å². The van der Waals surface area contributed by atoms with E-state index in [2.05, 4.69) is 25.2 Å². The number of nitrogens with zero attached hydrogens (tertiary/aromatic N) is 4. The van der Waals surface area contributed by atoms with E-state index in [-0.39, 0.29) is 0 Å². The van der Waals surface area contributed by atoms with Crippen LogP contribution in [0.3, 0.4) is 0 Å². The van der Waals surface area contributed by atoms with Crippen molar-refractivity contribution in [1.29, 1.82) is 0 Å². The van der Waals surface area contributed by atoms with Gasteiger partial charge in [0.25, 0.3) is 0 Å². The highest BCUT2D eigenvalue weighted by Gasteiger charge is 2.08. The van der Waals surface area contributed by atoms with E-state index in [0.29, 0.717) is 0 Å². The third kappa shape index (κ3) is 4.70. The van der Waals surface area contributed by atoms with Crippen LogP contribution in [0, 0.1) is 13.8 Å². The lowest BCUT2D eigenvalue weighted by molar-refractivity contribution is 0.848. The maximum absolute atomic E-state index is 6.03. The first kappa shape index (κ1) is 18.1. The summed E-state index contributed by atoms with van der Waals surface area (Å²) in [6.45, 7) is 4.78. The van der Waals surface area contributed by atoms with Gasteiger partial charge < -0.3 is 10.2 Å². The fourth-order valence-electron chi connectivity index (χ4n) is 2.68. The second-order valence-corrected chi connectivity index (χ2v) is 6.71. The number of likely N-dealkylation sites (N-methyl/N-ethyl adjacent to an activating group) is 1. The Morgan fingerprint density at radius 1 is 1.04 bits per heavy atom. The van der Waals surface area contributed by atoms with Crippen LogP contribution in [0.25, 0.3) is 0 Å². The number of rotatable bonds is 6. The molecule has 0 aliphatic carbocycles. The fourth-order valence-corrected chi connectivity index (χ4v) is 2.90. The van der Waals surface area contributed by atoms with Crippen LogP contribution in [-0.4, -0.2) is 28.5 Å². The van der Waals surface area contributed by atoms with Gasteiger partial charge in [-0.05, 0) is 61.7 Å².